The highest BCUT2D eigenvalue weighted by Gasteiger charge is 2.13. The normalized spacial score (nSPS) is 12.5. The van der Waals surface area contributed by atoms with E-state index in [-0.39, 0.29) is 11.9 Å². The number of hydrogen-bond acceptors (Lipinski definition) is 1. The van der Waals surface area contributed by atoms with Crippen LogP contribution < -0.4 is 5.73 Å². The predicted octanol–water partition coefficient (Wildman–Crippen LogP) is 4.45. The minimum Gasteiger partial charge on any atom is -0.324 e. The lowest BCUT2D eigenvalue weighted by atomic mass is 9.95. The summed E-state index contributed by atoms with van der Waals surface area (Å²) in [6, 6.07) is 11.2. The van der Waals surface area contributed by atoms with Crippen molar-refractivity contribution in [2.24, 2.45) is 5.73 Å². The largest absolute Gasteiger partial charge is 0.324 e. The van der Waals surface area contributed by atoms with Crippen molar-refractivity contribution in [1.82, 2.24) is 0 Å². The van der Waals surface area contributed by atoms with E-state index >= 15 is 0 Å². The SMILES string of the molecule is Cc1ccc(C(N)Cc2cccc(F)c2Br)c(C)c1. The number of rotatable bonds is 3. The van der Waals surface area contributed by atoms with Crippen LogP contribution in [-0.4, -0.2) is 0 Å². The lowest BCUT2D eigenvalue weighted by Gasteiger charge is -2.16. The van der Waals surface area contributed by atoms with Crippen LogP contribution in [0.2, 0.25) is 0 Å². The van der Waals surface area contributed by atoms with Gasteiger partial charge in [-0.3, -0.25) is 0 Å². The maximum absolute atomic E-state index is 13.5. The first-order valence-electron chi connectivity index (χ1n) is 6.24. The number of hydrogen-bond donors (Lipinski definition) is 1. The Kier molecular flexibility index (Phi) is 4.38. The zero-order valence-electron chi connectivity index (χ0n) is 11.1. The smallest absolute Gasteiger partial charge is 0.137 e. The predicted molar refractivity (Wildman–Crippen MR) is 80.6 cm³/mol. The molecule has 0 spiro atoms. The molecule has 100 valence electrons. The second-order valence-electron chi connectivity index (χ2n) is 4.88. The third-order valence-corrected chi connectivity index (χ3v) is 4.18. The van der Waals surface area contributed by atoms with Crippen molar-refractivity contribution in [3.63, 3.8) is 0 Å². The molecule has 0 amide bonds. The monoisotopic (exact) mass is 321 g/mol. The summed E-state index contributed by atoms with van der Waals surface area (Å²) in [5.41, 5.74) is 10.7. The molecule has 1 atom stereocenters. The van der Waals surface area contributed by atoms with Crippen molar-refractivity contribution in [3.05, 3.63) is 68.9 Å². The van der Waals surface area contributed by atoms with Crippen LogP contribution in [0.15, 0.2) is 40.9 Å². The number of aryl methyl sites for hydroxylation is 2. The molecular weight excluding hydrogens is 305 g/mol. The van der Waals surface area contributed by atoms with Crippen molar-refractivity contribution in [2.45, 2.75) is 26.3 Å². The maximum atomic E-state index is 13.5. The molecule has 2 aromatic carbocycles. The third-order valence-electron chi connectivity index (χ3n) is 3.30. The second-order valence-corrected chi connectivity index (χ2v) is 5.68. The second kappa shape index (κ2) is 5.85. The fraction of sp³-hybridized carbons (Fsp3) is 0.250. The van der Waals surface area contributed by atoms with Gasteiger partial charge >= 0.3 is 0 Å². The third kappa shape index (κ3) is 3.23. The van der Waals surface area contributed by atoms with Crippen molar-refractivity contribution in [3.8, 4) is 0 Å². The van der Waals surface area contributed by atoms with Crippen molar-refractivity contribution < 1.29 is 4.39 Å². The Morgan fingerprint density at radius 2 is 1.95 bits per heavy atom. The number of nitrogens with two attached hydrogens (primary N) is 1. The standard InChI is InChI=1S/C16H17BrFN/c1-10-6-7-13(11(2)8-10)15(19)9-12-4-3-5-14(18)16(12)17/h3-8,15H,9,19H2,1-2H3. The molecule has 0 radical (unpaired) electrons. The van der Waals surface area contributed by atoms with Gasteiger partial charge in [0.2, 0.25) is 0 Å². The first-order valence-corrected chi connectivity index (χ1v) is 7.04. The highest BCUT2D eigenvalue weighted by Crippen LogP contribution is 2.26. The molecule has 0 bridgehead atoms. The summed E-state index contributed by atoms with van der Waals surface area (Å²) < 4.78 is 14.0. The molecule has 0 aliphatic heterocycles. The van der Waals surface area contributed by atoms with Gasteiger partial charge in [0.25, 0.3) is 0 Å². The molecule has 3 heteroatoms. The Bertz CT molecular complexity index is 595. The summed E-state index contributed by atoms with van der Waals surface area (Å²) >= 11 is 3.28. The first kappa shape index (κ1) is 14.2. The molecule has 0 heterocycles. The molecule has 2 rings (SSSR count). The minimum atomic E-state index is -0.245. The number of benzene rings is 2. The molecule has 0 saturated heterocycles. The molecule has 0 aliphatic carbocycles. The molecular formula is C16H17BrFN. The van der Waals surface area contributed by atoms with Crippen molar-refractivity contribution in [2.75, 3.05) is 0 Å². The van der Waals surface area contributed by atoms with Crippen LogP contribution in [0.5, 0.6) is 0 Å². The lowest BCUT2D eigenvalue weighted by molar-refractivity contribution is 0.614. The molecule has 1 nitrogen and oxygen atoms in total. The van der Waals surface area contributed by atoms with Gasteiger partial charge in [-0.2, -0.15) is 0 Å². The van der Waals surface area contributed by atoms with Gasteiger partial charge in [0.15, 0.2) is 0 Å². The van der Waals surface area contributed by atoms with E-state index in [9.17, 15) is 4.39 Å². The van der Waals surface area contributed by atoms with Gasteiger partial charge < -0.3 is 5.73 Å². The van der Waals surface area contributed by atoms with Gasteiger partial charge in [-0.15, -0.1) is 0 Å². The van der Waals surface area contributed by atoms with Crippen molar-refractivity contribution in [1.29, 1.82) is 0 Å². The number of halogens is 2. The summed E-state index contributed by atoms with van der Waals surface area (Å²) in [6.45, 7) is 4.12. The van der Waals surface area contributed by atoms with E-state index in [1.807, 2.05) is 6.07 Å². The van der Waals surface area contributed by atoms with Crippen LogP contribution in [0.1, 0.15) is 28.3 Å². The summed E-state index contributed by atoms with van der Waals surface area (Å²) in [5, 5.41) is 0. The van der Waals surface area contributed by atoms with Crippen LogP contribution in [0.3, 0.4) is 0 Å². The maximum Gasteiger partial charge on any atom is 0.137 e. The van der Waals surface area contributed by atoms with E-state index in [0.29, 0.717) is 10.9 Å². The first-order chi connectivity index (χ1) is 8.99. The van der Waals surface area contributed by atoms with Gasteiger partial charge in [0.05, 0.1) is 4.47 Å². The highest BCUT2D eigenvalue weighted by atomic mass is 79.9. The molecule has 0 aromatic heterocycles. The molecule has 0 fully saturated rings. The zero-order chi connectivity index (χ0) is 14.0. The Morgan fingerprint density at radius 3 is 2.63 bits per heavy atom. The van der Waals surface area contributed by atoms with Crippen LogP contribution in [0, 0.1) is 19.7 Å². The van der Waals surface area contributed by atoms with E-state index < -0.39 is 0 Å². The summed E-state index contributed by atoms with van der Waals surface area (Å²) in [7, 11) is 0. The van der Waals surface area contributed by atoms with Crippen LogP contribution >= 0.6 is 15.9 Å². The van der Waals surface area contributed by atoms with E-state index in [1.54, 1.807) is 6.07 Å². The Morgan fingerprint density at radius 1 is 1.21 bits per heavy atom. The van der Waals surface area contributed by atoms with Crippen molar-refractivity contribution >= 4 is 15.9 Å². The summed E-state index contributed by atoms with van der Waals surface area (Å²) in [6.07, 6.45) is 0.613. The Labute approximate surface area is 121 Å². The van der Waals surface area contributed by atoms with Gasteiger partial charge in [-0.25, -0.2) is 4.39 Å². The van der Waals surface area contributed by atoms with E-state index in [1.165, 1.54) is 17.2 Å². The topological polar surface area (TPSA) is 26.0 Å². The average molecular weight is 322 g/mol. The van der Waals surface area contributed by atoms with Gasteiger partial charge in [-0.1, -0.05) is 35.9 Å². The summed E-state index contributed by atoms with van der Waals surface area (Å²) in [5.74, 6) is -0.245. The van der Waals surface area contributed by atoms with Crippen LogP contribution in [0.25, 0.3) is 0 Å². The lowest BCUT2D eigenvalue weighted by Crippen LogP contribution is -2.15. The van der Waals surface area contributed by atoms with E-state index in [4.69, 9.17) is 5.73 Å². The fourth-order valence-corrected chi connectivity index (χ4v) is 2.72. The Hall–Kier alpha value is -1.19. The quantitative estimate of drug-likeness (QED) is 0.888. The van der Waals surface area contributed by atoms with Gasteiger partial charge in [0, 0.05) is 6.04 Å². The molecule has 0 saturated carbocycles. The van der Waals surface area contributed by atoms with Gasteiger partial charge in [-0.05, 0) is 59.0 Å². The molecule has 2 aromatic rings. The zero-order valence-corrected chi connectivity index (χ0v) is 12.7. The Balaban J connectivity index is 2.25. The van der Waals surface area contributed by atoms with E-state index in [0.717, 1.165) is 11.1 Å². The molecule has 19 heavy (non-hydrogen) atoms. The van der Waals surface area contributed by atoms with E-state index in [2.05, 4.69) is 48.0 Å². The molecule has 0 aliphatic rings. The average Bonchev–Trinajstić information content (AvgIpc) is 2.34. The van der Waals surface area contributed by atoms with Gasteiger partial charge in [0.1, 0.15) is 5.82 Å². The fourth-order valence-electron chi connectivity index (χ4n) is 2.29. The van der Waals surface area contributed by atoms with Crippen LogP contribution in [0.4, 0.5) is 4.39 Å². The molecule has 2 N–H and O–H groups in total. The van der Waals surface area contributed by atoms with Crippen LogP contribution in [-0.2, 0) is 6.42 Å². The minimum absolute atomic E-state index is 0.126. The molecule has 1 unspecified atom stereocenters. The summed E-state index contributed by atoms with van der Waals surface area (Å²) in [4.78, 5) is 0. The highest BCUT2D eigenvalue weighted by molar-refractivity contribution is 9.10.